The molecule has 0 unspecified atom stereocenters. The average Bonchev–Trinajstić information content (AvgIpc) is 2.84. The van der Waals surface area contributed by atoms with Crippen LogP contribution in [-0.4, -0.2) is 59.5 Å². The zero-order valence-corrected chi connectivity index (χ0v) is 19.7. The highest BCUT2D eigenvalue weighted by Crippen LogP contribution is 2.23. The first-order valence-corrected chi connectivity index (χ1v) is 11.0. The standard InChI is InChI=1S/C21H21BrN8O4/c1-33-18-6-5-17(30(31)32)11-14(18)13-23-28-20-25-19(24-16-4-2-3-15(22)12-16)26-21(27-20)29-7-9-34-10-8-29/h2-6,11-13H,7-10H2,1H3,(H2,24,25,26,27,28). The van der Waals surface area contributed by atoms with Gasteiger partial charge in [0.2, 0.25) is 17.8 Å². The lowest BCUT2D eigenvalue weighted by Crippen LogP contribution is -2.37. The first-order valence-electron chi connectivity index (χ1n) is 10.2. The Bertz CT molecular complexity index is 1200. The van der Waals surface area contributed by atoms with Crippen molar-refractivity contribution in [2.75, 3.05) is 49.1 Å². The highest BCUT2D eigenvalue weighted by atomic mass is 79.9. The lowest BCUT2D eigenvalue weighted by molar-refractivity contribution is -0.384. The monoisotopic (exact) mass is 528 g/mol. The number of hydrogen-bond acceptors (Lipinski definition) is 11. The van der Waals surface area contributed by atoms with Crippen molar-refractivity contribution in [2.45, 2.75) is 0 Å². The third kappa shape index (κ3) is 5.94. The molecule has 0 atom stereocenters. The molecular formula is C21H21BrN8O4. The predicted octanol–water partition coefficient (Wildman–Crippen LogP) is 3.58. The van der Waals surface area contributed by atoms with Crippen LogP contribution in [-0.2, 0) is 4.74 Å². The molecule has 3 aromatic rings. The number of nitrogens with zero attached hydrogens (tertiary/aromatic N) is 6. The van der Waals surface area contributed by atoms with Gasteiger partial charge in [-0.3, -0.25) is 10.1 Å². The molecule has 176 valence electrons. The van der Waals surface area contributed by atoms with Crippen molar-refractivity contribution in [3.05, 3.63) is 62.6 Å². The molecule has 0 spiro atoms. The number of nitrogens with one attached hydrogen (secondary N) is 2. The maximum Gasteiger partial charge on any atom is 0.270 e. The van der Waals surface area contributed by atoms with Gasteiger partial charge in [-0.05, 0) is 24.3 Å². The zero-order chi connectivity index (χ0) is 23.9. The van der Waals surface area contributed by atoms with E-state index in [4.69, 9.17) is 9.47 Å². The van der Waals surface area contributed by atoms with Crippen LogP contribution in [0.25, 0.3) is 0 Å². The Morgan fingerprint density at radius 1 is 1.18 bits per heavy atom. The Labute approximate surface area is 203 Å². The molecule has 13 heteroatoms. The van der Waals surface area contributed by atoms with Gasteiger partial charge in [-0.1, -0.05) is 22.0 Å². The summed E-state index contributed by atoms with van der Waals surface area (Å²) < 4.78 is 11.6. The number of morpholine rings is 1. The molecule has 2 heterocycles. The fourth-order valence-corrected chi connectivity index (χ4v) is 3.57. The van der Waals surface area contributed by atoms with Gasteiger partial charge in [0.15, 0.2) is 0 Å². The van der Waals surface area contributed by atoms with E-state index < -0.39 is 4.92 Å². The van der Waals surface area contributed by atoms with Gasteiger partial charge in [-0.2, -0.15) is 20.1 Å². The second kappa shape index (κ2) is 10.9. The second-order valence-electron chi connectivity index (χ2n) is 7.07. The van der Waals surface area contributed by atoms with Crippen LogP contribution < -0.4 is 20.4 Å². The van der Waals surface area contributed by atoms with E-state index in [-0.39, 0.29) is 11.6 Å². The number of halogens is 1. The number of ether oxygens (including phenoxy) is 2. The summed E-state index contributed by atoms with van der Waals surface area (Å²) in [7, 11) is 1.48. The van der Waals surface area contributed by atoms with Gasteiger partial charge in [0, 0.05) is 40.9 Å². The molecule has 4 rings (SSSR count). The first kappa shape index (κ1) is 23.3. The van der Waals surface area contributed by atoms with Crippen LogP contribution in [0.2, 0.25) is 0 Å². The number of hydrogen-bond donors (Lipinski definition) is 2. The van der Waals surface area contributed by atoms with E-state index in [9.17, 15) is 10.1 Å². The summed E-state index contributed by atoms with van der Waals surface area (Å²) in [5.74, 6) is 1.45. The summed E-state index contributed by atoms with van der Waals surface area (Å²) in [5, 5.41) is 18.4. The number of methoxy groups -OCH3 is 1. The van der Waals surface area contributed by atoms with Gasteiger partial charge >= 0.3 is 0 Å². The van der Waals surface area contributed by atoms with Gasteiger partial charge in [-0.15, -0.1) is 0 Å². The van der Waals surface area contributed by atoms with E-state index in [1.807, 2.05) is 29.2 Å². The molecule has 0 bridgehead atoms. The summed E-state index contributed by atoms with van der Waals surface area (Å²) in [6.45, 7) is 2.45. The third-order valence-electron chi connectivity index (χ3n) is 4.79. The molecule has 0 saturated carbocycles. The van der Waals surface area contributed by atoms with Gasteiger partial charge < -0.3 is 19.7 Å². The molecule has 1 saturated heterocycles. The minimum Gasteiger partial charge on any atom is -0.496 e. The second-order valence-corrected chi connectivity index (χ2v) is 7.99. The normalized spacial score (nSPS) is 13.6. The van der Waals surface area contributed by atoms with Crippen molar-refractivity contribution in [1.82, 2.24) is 15.0 Å². The van der Waals surface area contributed by atoms with E-state index >= 15 is 0 Å². The van der Waals surface area contributed by atoms with Crippen molar-refractivity contribution < 1.29 is 14.4 Å². The highest BCUT2D eigenvalue weighted by molar-refractivity contribution is 9.10. The zero-order valence-electron chi connectivity index (χ0n) is 18.1. The summed E-state index contributed by atoms with van der Waals surface area (Å²) >= 11 is 3.45. The Balaban J connectivity index is 1.60. The number of benzene rings is 2. The van der Waals surface area contributed by atoms with Crippen molar-refractivity contribution in [3.8, 4) is 5.75 Å². The number of nitro benzene ring substituents is 1. The number of non-ortho nitro benzene ring substituents is 1. The Hall–Kier alpha value is -3.84. The van der Waals surface area contributed by atoms with E-state index in [0.717, 1.165) is 10.2 Å². The first-order chi connectivity index (χ1) is 16.5. The van der Waals surface area contributed by atoms with Crippen molar-refractivity contribution in [2.24, 2.45) is 5.10 Å². The maximum absolute atomic E-state index is 11.1. The molecule has 0 radical (unpaired) electrons. The number of hydrazone groups is 1. The molecule has 1 aromatic heterocycles. The van der Waals surface area contributed by atoms with Crippen LogP contribution in [0.1, 0.15) is 5.56 Å². The molecule has 1 aliphatic rings. The largest absolute Gasteiger partial charge is 0.496 e. The number of rotatable bonds is 8. The topological polar surface area (TPSA) is 140 Å². The lowest BCUT2D eigenvalue weighted by Gasteiger charge is -2.27. The minimum atomic E-state index is -0.481. The van der Waals surface area contributed by atoms with Gasteiger partial charge in [0.25, 0.3) is 5.69 Å². The maximum atomic E-state index is 11.1. The van der Waals surface area contributed by atoms with Crippen molar-refractivity contribution in [3.63, 3.8) is 0 Å². The Kier molecular flexibility index (Phi) is 7.44. The summed E-state index contributed by atoms with van der Waals surface area (Å²) in [4.78, 5) is 26.0. The SMILES string of the molecule is COc1ccc([N+](=O)[O-])cc1C=NNc1nc(Nc2cccc(Br)c2)nc(N2CCOCC2)n1. The van der Waals surface area contributed by atoms with Gasteiger partial charge in [-0.25, -0.2) is 5.43 Å². The third-order valence-corrected chi connectivity index (χ3v) is 5.28. The fourth-order valence-electron chi connectivity index (χ4n) is 3.17. The molecule has 1 fully saturated rings. The molecule has 2 aromatic carbocycles. The quantitative estimate of drug-likeness (QED) is 0.253. The number of anilines is 4. The molecule has 34 heavy (non-hydrogen) atoms. The van der Waals surface area contributed by atoms with E-state index in [2.05, 4.69) is 46.7 Å². The minimum absolute atomic E-state index is 0.0717. The highest BCUT2D eigenvalue weighted by Gasteiger charge is 2.17. The number of nitro groups is 1. The van der Waals surface area contributed by atoms with Crippen LogP contribution in [0.15, 0.2) is 52.0 Å². The van der Waals surface area contributed by atoms with Crippen LogP contribution in [0, 0.1) is 10.1 Å². The number of aromatic nitrogens is 3. The van der Waals surface area contributed by atoms with Gasteiger partial charge in [0.1, 0.15) is 5.75 Å². The molecule has 12 nitrogen and oxygen atoms in total. The van der Waals surface area contributed by atoms with Gasteiger partial charge in [0.05, 0.1) is 31.5 Å². The van der Waals surface area contributed by atoms with Crippen molar-refractivity contribution in [1.29, 1.82) is 0 Å². The predicted molar refractivity (Wildman–Crippen MR) is 131 cm³/mol. The smallest absolute Gasteiger partial charge is 0.270 e. The Morgan fingerprint density at radius 3 is 2.71 bits per heavy atom. The van der Waals surface area contributed by atoms with Crippen LogP contribution in [0.5, 0.6) is 5.75 Å². The van der Waals surface area contributed by atoms with E-state index in [1.54, 1.807) is 0 Å². The average molecular weight is 529 g/mol. The molecular weight excluding hydrogens is 508 g/mol. The Morgan fingerprint density at radius 2 is 1.97 bits per heavy atom. The molecule has 2 N–H and O–H groups in total. The lowest BCUT2D eigenvalue weighted by atomic mass is 10.2. The summed E-state index contributed by atoms with van der Waals surface area (Å²) in [5.41, 5.74) is 3.94. The molecule has 1 aliphatic heterocycles. The molecule has 0 aliphatic carbocycles. The van der Waals surface area contributed by atoms with Crippen LogP contribution in [0.4, 0.5) is 29.2 Å². The van der Waals surface area contributed by atoms with Crippen molar-refractivity contribution >= 4 is 51.4 Å². The van der Waals surface area contributed by atoms with Crippen LogP contribution >= 0.6 is 15.9 Å². The van der Waals surface area contributed by atoms with E-state index in [1.165, 1.54) is 31.5 Å². The summed E-state index contributed by atoms with van der Waals surface area (Å²) in [6, 6.07) is 11.9. The summed E-state index contributed by atoms with van der Waals surface area (Å²) in [6.07, 6.45) is 1.41. The fraction of sp³-hybridized carbons (Fsp3) is 0.238. The van der Waals surface area contributed by atoms with Crippen LogP contribution in [0.3, 0.4) is 0 Å². The molecule has 0 amide bonds. The van der Waals surface area contributed by atoms with E-state index in [0.29, 0.717) is 49.5 Å².